The van der Waals surface area contributed by atoms with Crippen molar-refractivity contribution < 1.29 is 13.9 Å². The van der Waals surface area contributed by atoms with Crippen molar-refractivity contribution in [1.29, 1.82) is 5.26 Å². The number of nitrogens with zero attached hydrogens (tertiary/aromatic N) is 1. The summed E-state index contributed by atoms with van der Waals surface area (Å²) in [6, 6.07) is 4.08. The summed E-state index contributed by atoms with van der Waals surface area (Å²) in [4.78, 5) is 11.3. The number of rotatable bonds is 2. The number of carbonyl (C=O) groups is 1. The average Bonchev–Trinajstić information content (AvgIpc) is 2.21. The zero-order valence-electron chi connectivity index (χ0n) is 8.50. The summed E-state index contributed by atoms with van der Waals surface area (Å²) in [5, 5.41) is 8.57. The van der Waals surface area contributed by atoms with Crippen LogP contribution in [0, 0.1) is 24.1 Å². The second-order valence-electron chi connectivity index (χ2n) is 2.98. The first-order chi connectivity index (χ1) is 7.10. The largest absolute Gasteiger partial charge is 0.462 e. The molecule has 3 nitrogen and oxygen atoms in total. The molecule has 0 spiro atoms. The van der Waals surface area contributed by atoms with Gasteiger partial charge < -0.3 is 4.74 Å². The van der Waals surface area contributed by atoms with Crippen LogP contribution in [0.1, 0.15) is 28.4 Å². The molecular weight excluding hydrogens is 197 g/mol. The van der Waals surface area contributed by atoms with Crippen LogP contribution >= 0.6 is 0 Å². The van der Waals surface area contributed by atoms with Gasteiger partial charge in [-0.25, -0.2) is 9.18 Å². The Kier molecular flexibility index (Phi) is 3.40. The lowest BCUT2D eigenvalue weighted by Gasteiger charge is -2.05. The van der Waals surface area contributed by atoms with Crippen LogP contribution in [0.15, 0.2) is 12.1 Å². The van der Waals surface area contributed by atoms with Crippen molar-refractivity contribution >= 4 is 5.97 Å². The van der Waals surface area contributed by atoms with Crippen LogP contribution in [-0.4, -0.2) is 12.6 Å². The third-order valence-electron chi connectivity index (χ3n) is 1.93. The highest BCUT2D eigenvalue weighted by Crippen LogP contribution is 2.15. The predicted molar refractivity (Wildman–Crippen MR) is 51.8 cm³/mol. The summed E-state index contributed by atoms with van der Waals surface area (Å²) in [6.07, 6.45) is 0. The zero-order chi connectivity index (χ0) is 11.4. The van der Waals surface area contributed by atoms with Crippen molar-refractivity contribution in [3.05, 3.63) is 34.6 Å². The van der Waals surface area contributed by atoms with E-state index in [9.17, 15) is 9.18 Å². The third-order valence-corrected chi connectivity index (χ3v) is 1.93. The van der Waals surface area contributed by atoms with Gasteiger partial charge in [0.15, 0.2) is 0 Å². The Morgan fingerprint density at radius 3 is 2.80 bits per heavy atom. The topological polar surface area (TPSA) is 50.1 Å². The molecule has 1 aromatic carbocycles. The quantitative estimate of drug-likeness (QED) is 0.698. The Balaban J connectivity index is 3.17. The first-order valence-corrected chi connectivity index (χ1v) is 4.47. The van der Waals surface area contributed by atoms with Crippen molar-refractivity contribution in [2.75, 3.05) is 6.61 Å². The highest BCUT2D eigenvalue weighted by Gasteiger charge is 2.13. The van der Waals surface area contributed by atoms with Crippen LogP contribution in [0.25, 0.3) is 0 Å². The van der Waals surface area contributed by atoms with Crippen LogP contribution < -0.4 is 0 Å². The van der Waals surface area contributed by atoms with E-state index < -0.39 is 11.8 Å². The van der Waals surface area contributed by atoms with E-state index in [1.165, 1.54) is 6.07 Å². The monoisotopic (exact) mass is 207 g/mol. The van der Waals surface area contributed by atoms with Crippen molar-refractivity contribution in [2.45, 2.75) is 13.8 Å². The van der Waals surface area contributed by atoms with Gasteiger partial charge in [0, 0.05) is 0 Å². The summed E-state index contributed by atoms with van der Waals surface area (Å²) in [5.41, 5.74) is 0.625. The Labute approximate surface area is 87.1 Å². The summed E-state index contributed by atoms with van der Waals surface area (Å²) < 4.78 is 17.9. The van der Waals surface area contributed by atoms with E-state index in [1.807, 2.05) is 0 Å². The van der Waals surface area contributed by atoms with Gasteiger partial charge in [-0.05, 0) is 31.5 Å². The Morgan fingerprint density at radius 1 is 1.60 bits per heavy atom. The highest BCUT2D eigenvalue weighted by molar-refractivity contribution is 5.91. The number of carbonyl (C=O) groups excluding carboxylic acids is 1. The van der Waals surface area contributed by atoms with Gasteiger partial charge in [0.1, 0.15) is 11.9 Å². The Hall–Kier alpha value is -1.89. The molecule has 0 amide bonds. The number of halogens is 1. The molecule has 0 saturated heterocycles. The fourth-order valence-electron chi connectivity index (χ4n) is 1.20. The predicted octanol–water partition coefficient (Wildman–Crippen LogP) is 2.18. The molecule has 0 bridgehead atoms. The Bertz CT molecular complexity index is 435. The fraction of sp³-hybridized carbons (Fsp3) is 0.273. The molecule has 0 unspecified atom stereocenters. The van der Waals surface area contributed by atoms with E-state index in [-0.39, 0.29) is 17.7 Å². The smallest absolute Gasteiger partial charge is 0.338 e. The summed E-state index contributed by atoms with van der Waals surface area (Å²) >= 11 is 0. The molecule has 0 fully saturated rings. The highest BCUT2D eigenvalue weighted by atomic mass is 19.1. The zero-order valence-corrected chi connectivity index (χ0v) is 8.50. The van der Waals surface area contributed by atoms with E-state index in [0.29, 0.717) is 5.56 Å². The van der Waals surface area contributed by atoms with Gasteiger partial charge >= 0.3 is 5.97 Å². The van der Waals surface area contributed by atoms with E-state index >= 15 is 0 Å². The van der Waals surface area contributed by atoms with Gasteiger partial charge in [0.25, 0.3) is 0 Å². The number of nitriles is 1. The molecule has 0 radical (unpaired) electrons. The van der Waals surface area contributed by atoms with Gasteiger partial charge in [0.05, 0.1) is 17.7 Å². The van der Waals surface area contributed by atoms with Crippen molar-refractivity contribution in [1.82, 2.24) is 0 Å². The molecule has 0 aromatic heterocycles. The molecular formula is C11H10FNO2. The second-order valence-corrected chi connectivity index (χ2v) is 2.98. The fourth-order valence-corrected chi connectivity index (χ4v) is 1.20. The lowest BCUT2D eigenvalue weighted by molar-refractivity contribution is 0.0525. The SMILES string of the molecule is CCOC(=O)c1cc(F)c(C#N)cc1C. The maximum absolute atomic E-state index is 13.2. The first-order valence-electron chi connectivity index (χ1n) is 4.47. The number of ether oxygens (including phenoxy) is 1. The first kappa shape index (κ1) is 11.2. The molecule has 0 saturated carbocycles. The van der Waals surface area contributed by atoms with Gasteiger partial charge in [-0.3, -0.25) is 0 Å². The minimum atomic E-state index is -0.703. The third kappa shape index (κ3) is 2.32. The van der Waals surface area contributed by atoms with Gasteiger partial charge in [0.2, 0.25) is 0 Å². The molecule has 1 aromatic rings. The lowest BCUT2D eigenvalue weighted by Crippen LogP contribution is -2.07. The number of aryl methyl sites for hydroxylation is 1. The average molecular weight is 207 g/mol. The van der Waals surface area contributed by atoms with Crippen molar-refractivity contribution in [3.8, 4) is 6.07 Å². The molecule has 0 aliphatic rings. The molecule has 1 rings (SSSR count). The van der Waals surface area contributed by atoms with Gasteiger partial charge in [-0.15, -0.1) is 0 Å². The van der Waals surface area contributed by atoms with Gasteiger partial charge in [-0.2, -0.15) is 5.26 Å². The maximum Gasteiger partial charge on any atom is 0.338 e. The van der Waals surface area contributed by atoms with Crippen molar-refractivity contribution in [3.63, 3.8) is 0 Å². The number of hydrogen-bond donors (Lipinski definition) is 0. The van der Waals surface area contributed by atoms with E-state index in [2.05, 4.69) is 0 Å². The lowest BCUT2D eigenvalue weighted by atomic mass is 10.1. The molecule has 0 N–H and O–H groups in total. The summed E-state index contributed by atoms with van der Waals surface area (Å²) in [5.74, 6) is -1.27. The maximum atomic E-state index is 13.2. The van der Waals surface area contributed by atoms with Crippen LogP contribution in [0.3, 0.4) is 0 Å². The standard InChI is InChI=1S/C11H10FNO2/c1-3-15-11(14)9-5-10(12)8(6-13)4-7(9)2/h4-5H,3H2,1-2H3. The van der Waals surface area contributed by atoms with Crippen LogP contribution in [-0.2, 0) is 4.74 Å². The summed E-state index contributed by atoms with van der Waals surface area (Å²) in [7, 11) is 0. The summed E-state index contributed by atoms with van der Waals surface area (Å²) in [6.45, 7) is 3.54. The Morgan fingerprint density at radius 2 is 2.27 bits per heavy atom. The van der Waals surface area contributed by atoms with Crippen LogP contribution in [0.4, 0.5) is 4.39 Å². The van der Waals surface area contributed by atoms with Crippen LogP contribution in [0.2, 0.25) is 0 Å². The number of hydrogen-bond acceptors (Lipinski definition) is 3. The van der Waals surface area contributed by atoms with Gasteiger partial charge in [-0.1, -0.05) is 0 Å². The molecule has 0 aliphatic carbocycles. The van der Waals surface area contributed by atoms with E-state index in [4.69, 9.17) is 10.00 Å². The van der Waals surface area contributed by atoms with E-state index in [0.717, 1.165) is 6.07 Å². The molecule has 78 valence electrons. The number of esters is 1. The minimum absolute atomic E-state index is 0.0689. The molecule has 0 heterocycles. The molecule has 4 heteroatoms. The van der Waals surface area contributed by atoms with Crippen LogP contribution in [0.5, 0.6) is 0 Å². The number of benzene rings is 1. The molecule has 0 aliphatic heterocycles. The van der Waals surface area contributed by atoms with E-state index in [1.54, 1.807) is 19.9 Å². The minimum Gasteiger partial charge on any atom is -0.462 e. The second kappa shape index (κ2) is 4.56. The molecule has 0 atom stereocenters. The normalized spacial score (nSPS) is 9.47. The molecule has 15 heavy (non-hydrogen) atoms. The van der Waals surface area contributed by atoms with Crippen molar-refractivity contribution in [2.24, 2.45) is 0 Å².